The van der Waals surface area contributed by atoms with Crippen LogP contribution in [0.2, 0.25) is 10.0 Å². The van der Waals surface area contributed by atoms with E-state index in [-0.39, 0.29) is 16.0 Å². The van der Waals surface area contributed by atoms with Crippen LogP contribution >= 0.6 is 66.4 Å². The Hall–Kier alpha value is -0.140. The van der Waals surface area contributed by atoms with Crippen LogP contribution in [0, 0.1) is 5.82 Å². The molecule has 1 amide bonds. The summed E-state index contributed by atoms with van der Waals surface area (Å²) < 4.78 is 14.8. The van der Waals surface area contributed by atoms with Gasteiger partial charge in [0.15, 0.2) is 5.82 Å². The van der Waals surface area contributed by atoms with Gasteiger partial charge in [-0.1, -0.05) is 23.2 Å². The molecule has 0 aliphatic carbocycles. The molecule has 0 unspecified atom stereocenters. The summed E-state index contributed by atoms with van der Waals surface area (Å²) in [5.74, 6) is -1.05. The van der Waals surface area contributed by atoms with Gasteiger partial charge >= 0.3 is 0 Å². The van der Waals surface area contributed by atoms with Crippen molar-refractivity contribution in [3.05, 3.63) is 47.2 Å². The van der Waals surface area contributed by atoms with Gasteiger partial charge in [0.05, 0.1) is 23.2 Å². The highest BCUT2D eigenvalue weighted by molar-refractivity contribution is 9.12. The zero-order chi connectivity index (χ0) is 14.2. The first-order chi connectivity index (χ1) is 8.88. The van der Waals surface area contributed by atoms with E-state index in [4.69, 9.17) is 23.2 Å². The summed E-state index contributed by atoms with van der Waals surface area (Å²) in [6.45, 7) is 0. The minimum atomic E-state index is -0.708. The summed E-state index contributed by atoms with van der Waals surface area (Å²) in [5.41, 5.74) is 0.795. The number of amides is 1. The Morgan fingerprint density at radius 3 is 2.26 bits per heavy atom. The highest BCUT2D eigenvalue weighted by Gasteiger charge is 2.15. The summed E-state index contributed by atoms with van der Waals surface area (Å²) in [6, 6.07) is 4.28. The van der Waals surface area contributed by atoms with E-state index in [9.17, 15) is 9.18 Å². The molecule has 1 N–H and O–H groups in total. The second-order valence-electron chi connectivity index (χ2n) is 3.45. The van der Waals surface area contributed by atoms with Gasteiger partial charge in [-0.3, -0.25) is 4.79 Å². The van der Waals surface area contributed by atoms with E-state index >= 15 is 0 Å². The molecule has 0 aliphatic rings. The van der Waals surface area contributed by atoms with Gasteiger partial charge in [-0.25, -0.2) is 4.39 Å². The number of thiophene rings is 1. The number of benzene rings is 1. The van der Waals surface area contributed by atoms with Crippen LogP contribution in [0.3, 0.4) is 0 Å². The average molecular weight is 448 g/mol. The van der Waals surface area contributed by atoms with E-state index in [1.165, 1.54) is 23.5 Å². The van der Waals surface area contributed by atoms with Crippen molar-refractivity contribution in [3.8, 4) is 0 Å². The minimum Gasteiger partial charge on any atom is -0.322 e. The van der Waals surface area contributed by atoms with Crippen LogP contribution in [-0.2, 0) is 0 Å². The molecular weight excluding hydrogens is 444 g/mol. The van der Waals surface area contributed by atoms with Gasteiger partial charge in [0, 0.05) is 5.69 Å². The Bertz CT molecular complexity index is 639. The molecule has 19 heavy (non-hydrogen) atoms. The molecule has 100 valence electrons. The third kappa shape index (κ3) is 3.49. The van der Waals surface area contributed by atoms with E-state index in [0.29, 0.717) is 15.0 Å². The number of halogens is 5. The molecule has 1 aromatic heterocycles. The maximum atomic E-state index is 13.2. The highest BCUT2D eigenvalue weighted by atomic mass is 79.9. The third-order valence-corrected chi connectivity index (χ3v) is 5.03. The molecule has 1 aromatic carbocycles. The summed E-state index contributed by atoms with van der Waals surface area (Å²) in [6.07, 6.45) is 0. The molecule has 0 aliphatic heterocycles. The molecule has 0 saturated carbocycles. The van der Waals surface area contributed by atoms with Gasteiger partial charge in [-0.05, 0) is 50.1 Å². The first-order valence-corrected chi connectivity index (χ1v) is 7.95. The maximum absolute atomic E-state index is 13.2. The SMILES string of the molecule is O=C(Nc1cc(Cl)c(F)c(Cl)c1)c1cc(Br)sc1Br. The summed E-state index contributed by atoms with van der Waals surface area (Å²) in [7, 11) is 0. The number of hydrogen-bond acceptors (Lipinski definition) is 2. The van der Waals surface area contributed by atoms with E-state index < -0.39 is 5.82 Å². The van der Waals surface area contributed by atoms with Crippen molar-refractivity contribution < 1.29 is 9.18 Å². The first kappa shape index (κ1) is 15.3. The molecule has 0 bridgehead atoms. The highest BCUT2D eigenvalue weighted by Crippen LogP contribution is 2.33. The van der Waals surface area contributed by atoms with Crippen molar-refractivity contribution in [3.63, 3.8) is 0 Å². The van der Waals surface area contributed by atoms with Gasteiger partial charge in [-0.15, -0.1) is 11.3 Å². The number of hydrogen-bond donors (Lipinski definition) is 1. The average Bonchev–Trinajstić information content (AvgIpc) is 2.65. The number of anilines is 1. The number of nitrogens with one attached hydrogen (secondary N) is 1. The fraction of sp³-hybridized carbons (Fsp3) is 0. The summed E-state index contributed by atoms with van der Waals surface area (Å²) >= 11 is 19.3. The van der Waals surface area contributed by atoms with Crippen LogP contribution in [0.15, 0.2) is 25.8 Å². The zero-order valence-electron chi connectivity index (χ0n) is 8.94. The molecular formula is C11H4Br2Cl2FNOS. The van der Waals surface area contributed by atoms with Crippen LogP contribution in [0.25, 0.3) is 0 Å². The monoisotopic (exact) mass is 445 g/mol. The quantitative estimate of drug-likeness (QED) is 0.564. The van der Waals surface area contributed by atoms with Crippen LogP contribution < -0.4 is 5.32 Å². The zero-order valence-corrected chi connectivity index (χ0v) is 14.4. The summed E-state index contributed by atoms with van der Waals surface area (Å²) in [5, 5.41) is 2.31. The predicted molar refractivity (Wildman–Crippen MR) is 84.1 cm³/mol. The van der Waals surface area contributed by atoms with E-state index in [1.54, 1.807) is 6.07 Å². The maximum Gasteiger partial charge on any atom is 0.257 e. The lowest BCUT2D eigenvalue weighted by Gasteiger charge is -2.06. The standard InChI is InChI=1S/C11H4Br2Cl2FNOS/c12-8-3-5(10(13)19-8)11(18)17-4-1-6(14)9(16)7(15)2-4/h1-3H,(H,17,18). The van der Waals surface area contributed by atoms with Crippen LogP contribution in [-0.4, -0.2) is 5.91 Å². The van der Waals surface area contributed by atoms with Crippen molar-refractivity contribution >= 4 is 78.0 Å². The predicted octanol–water partition coefficient (Wildman–Crippen LogP) is 5.97. The van der Waals surface area contributed by atoms with E-state index in [1.807, 2.05) is 0 Å². The topological polar surface area (TPSA) is 29.1 Å². The van der Waals surface area contributed by atoms with Gasteiger partial charge in [0.1, 0.15) is 0 Å². The fourth-order valence-corrected chi connectivity index (χ4v) is 4.60. The van der Waals surface area contributed by atoms with Crippen LogP contribution in [0.5, 0.6) is 0 Å². The molecule has 2 aromatic rings. The Labute approximate surface area is 139 Å². The number of rotatable bonds is 2. The Morgan fingerprint density at radius 1 is 1.21 bits per heavy atom. The number of carbonyl (C=O) groups is 1. The third-order valence-electron chi connectivity index (χ3n) is 2.14. The molecule has 8 heteroatoms. The lowest BCUT2D eigenvalue weighted by atomic mass is 10.2. The van der Waals surface area contributed by atoms with Crippen molar-refractivity contribution in [2.75, 3.05) is 5.32 Å². The smallest absolute Gasteiger partial charge is 0.257 e. The van der Waals surface area contributed by atoms with Crippen molar-refractivity contribution in [2.45, 2.75) is 0 Å². The second kappa shape index (κ2) is 6.10. The van der Waals surface area contributed by atoms with Crippen molar-refractivity contribution in [1.82, 2.24) is 0 Å². The van der Waals surface area contributed by atoms with Gasteiger partial charge in [-0.2, -0.15) is 0 Å². The molecule has 0 spiro atoms. The second-order valence-corrected chi connectivity index (χ2v) is 8.01. The molecule has 0 atom stereocenters. The molecule has 1 heterocycles. The van der Waals surface area contributed by atoms with Gasteiger partial charge in [0.2, 0.25) is 0 Å². The Kier molecular flexibility index (Phi) is 4.89. The lowest BCUT2D eigenvalue weighted by molar-refractivity contribution is 0.102. The first-order valence-electron chi connectivity index (χ1n) is 4.79. The molecule has 0 saturated heterocycles. The van der Waals surface area contributed by atoms with Crippen molar-refractivity contribution in [1.29, 1.82) is 0 Å². The van der Waals surface area contributed by atoms with E-state index in [2.05, 4.69) is 37.2 Å². The molecule has 0 fully saturated rings. The van der Waals surface area contributed by atoms with Gasteiger partial charge < -0.3 is 5.32 Å². The number of carbonyl (C=O) groups excluding carboxylic acids is 1. The fourth-order valence-electron chi connectivity index (χ4n) is 1.32. The van der Waals surface area contributed by atoms with Crippen LogP contribution in [0.4, 0.5) is 10.1 Å². The Morgan fingerprint density at radius 2 is 1.79 bits per heavy atom. The van der Waals surface area contributed by atoms with Crippen molar-refractivity contribution in [2.24, 2.45) is 0 Å². The minimum absolute atomic E-state index is 0.145. The van der Waals surface area contributed by atoms with Crippen LogP contribution in [0.1, 0.15) is 10.4 Å². The molecule has 2 nitrogen and oxygen atoms in total. The lowest BCUT2D eigenvalue weighted by Crippen LogP contribution is -2.11. The largest absolute Gasteiger partial charge is 0.322 e. The van der Waals surface area contributed by atoms with Gasteiger partial charge in [0.25, 0.3) is 5.91 Å². The Balaban J connectivity index is 2.27. The normalized spacial score (nSPS) is 10.6. The molecule has 2 rings (SSSR count). The molecule has 0 radical (unpaired) electrons. The van der Waals surface area contributed by atoms with E-state index in [0.717, 1.165) is 3.79 Å². The summed E-state index contributed by atoms with van der Waals surface area (Å²) in [4.78, 5) is 12.0.